The number of nitrogens with zero attached hydrogens (tertiary/aromatic N) is 1. The Morgan fingerprint density at radius 2 is 1.64 bits per heavy atom. The second-order valence-corrected chi connectivity index (χ2v) is 7.50. The average molecular weight is 388 g/mol. The summed E-state index contributed by atoms with van der Waals surface area (Å²) < 4.78 is 0. The molecule has 1 saturated carbocycles. The summed E-state index contributed by atoms with van der Waals surface area (Å²) in [4.78, 5) is 23.8. The van der Waals surface area contributed by atoms with Gasteiger partial charge < -0.3 is 10.4 Å². The molecule has 0 heterocycles. The zero-order chi connectivity index (χ0) is 20.0. The minimum Gasteiger partial charge on any atom is -0.391 e. The number of aliphatic hydroxyl groups excluding tert-OH is 1. The third kappa shape index (κ3) is 9.13. The van der Waals surface area contributed by atoms with Gasteiger partial charge in [-0.25, -0.2) is 5.43 Å². The van der Waals surface area contributed by atoms with E-state index in [-0.39, 0.29) is 17.9 Å². The summed E-state index contributed by atoms with van der Waals surface area (Å²) >= 11 is 0. The van der Waals surface area contributed by atoms with Crippen molar-refractivity contribution in [2.45, 2.75) is 82.8 Å². The molecule has 1 fully saturated rings. The maximum atomic E-state index is 12.0. The van der Waals surface area contributed by atoms with Crippen molar-refractivity contribution in [3.63, 3.8) is 0 Å². The molecule has 2 atom stereocenters. The lowest BCUT2D eigenvalue weighted by Crippen LogP contribution is -2.42. The fraction of sp³-hybridized carbons (Fsp3) is 0.591. The first kappa shape index (κ1) is 22.1. The molecule has 0 aliphatic heterocycles. The second-order valence-electron chi connectivity index (χ2n) is 7.50. The van der Waals surface area contributed by atoms with Crippen LogP contribution in [0.15, 0.2) is 35.4 Å². The Labute approximate surface area is 167 Å². The number of rotatable bonds is 10. The lowest BCUT2D eigenvalue weighted by molar-refractivity contribution is -0.123. The van der Waals surface area contributed by atoms with Crippen LogP contribution >= 0.6 is 0 Å². The molecule has 0 saturated heterocycles. The van der Waals surface area contributed by atoms with Gasteiger partial charge in [-0.05, 0) is 31.2 Å². The van der Waals surface area contributed by atoms with Crippen molar-refractivity contribution < 1.29 is 14.7 Å². The quantitative estimate of drug-likeness (QED) is 0.249. The molecular formula is C22H33N3O3. The van der Waals surface area contributed by atoms with Crippen molar-refractivity contribution in [1.82, 2.24) is 10.7 Å². The number of unbranched alkanes of at least 4 members (excludes halogenated alkanes) is 3. The van der Waals surface area contributed by atoms with Crippen molar-refractivity contribution in [2.24, 2.45) is 5.10 Å². The predicted molar refractivity (Wildman–Crippen MR) is 111 cm³/mol. The number of amides is 2. The van der Waals surface area contributed by atoms with Gasteiger partial charge in [0.05, 0.1) is 18.4 Å². The minimum atomic E-state index is -0.408. The van der Waals surface area contributed by atoms with Crippen LogP contribution in [0.3, 0.4) is 0 Å². The summed E-state index contributed by atoms with van der Waals surface area (Å²) in [5.74, 6) is -0.0637. The van der Waals surface area contributed by atoms with Gasteiger partial charge in [0.15, 0.2) is 0 Å². The summed E-state index contributed by atoms with van der Waals surface area (Å²) in [5.41, 5.74) is 3.48. The van der Waals surface area contributed by atoms with E-state index in [1.165, 1.54) is 0 Å². The van der Waals surface area contributed by atoms with E-state index in [0.717, 1.165) is 63.4 Å². The number of carbonyl (C=O) groups is 2. The van der Waals surface area contributed by atoms with Gasteiger partial charge in [-0.15, -0.1) is 0 Å². The monoisotopic (exact) mass is 387 g/mol. The molecule has 0 spiro atoms. The second kappa shape index (κ2) is 13.0. The summed E-state index contributed by atoms with van der Waals surface area (Å²) in [6, 6.07) is 9.52. The highest BCUT2D eigenvalue weighted by atomic mass is 16.3. The molecule has 0 bridgehead atoms. The Morgan fingerprint density at radius 1 is 0.964 bits per heavy atom. The highest BCUT2D eigenvalue weighted by Gasteiger charge is 2.22. The number of hydrazone groups is 1. The lowest BCUT2D eigenvalue weighted by Gasteiger charge is -2.21. The molecule has 154 valence electrons. The van der Waals surface area contributed by atoms with Crippen LogP contribution in [0.1, 0.15) is 76.2 Å². The molecule has 0 aromatic heterocycles. The molecule has 0 radical (unpaired) electrons. The van der Waals surface area contributed by atoms with E-state index >= 15 is 0 Å². The van der Waals surface area contributed by atoms with Crippen LogP contribution in [-0.2, 0) is 9.59 Å². The number of benzene rings is 1. The maximum absolute atomic E-state index is 12.0. The van der Waals surface area contributed by atoms with Crippen LogP contribution < -0.4 is 10.7 Å². The topological polar surface area (TPSA) is 90.8 Å². The Hall–Kier alpha value is -2.21. The Morgan fingerprint density at radius 3 is 2.39 bits per heavy atom. The van der Waals surface area contributed by atoms with Crippen molar-refractivity contribution in [3.8, 4) is 0 Å². The number of aliphatic hydroxyl groups is 1. The summed E-state index contributed by atoms with van der Waals surface area (Å²) in [6.07, 6.45) is 10.5. The Bertz CT molecular complexity index is 619. The fourth-order valence-corrected chi connectivity index (χ4v) is 3.43. The van der Waals surface area contributed by atoms with Crippen LogP contribution in [0.2, 0.25) is 0 Å². The van der Waals surface area contributed by atoms with Gasteiger partial charge in [0.25, 0.3) is 0 Å². The molecule has 3 N–H and O–H groups in total. The SMILES string of the molecule is O=C(CCCCCCC(=O)NC1CCCCCC1O)N/N=C/c1ccccc1. The highest BCUT2D eigenvalue weighted by Crippen LogP contribution is 2.18. The number of carbonyl (C=O) groups excluding carboxylic acids is 2. The van der Waals surface area contributed by atoms with Gasteiger partial charge in [-0.1, -0.05) is 62.4 Å². The van der Waals surface area contributed by atoms with Gasteiger partial charge in [-0.3, -0.25) is 9.59 Å². The fourth-order valence-electron chi connectivity index (χ4n) is 3.43. The van der Waals surface area contributed by atoms with Gasteiger partial charge in [0.2, 0.25) is 11.8 Å². The number of hydrogen-bond acceptors (Lipinski definition) is 4. The van der Waals surface area contributed by atoms with E-state index in [4.69, 9.17) is 0 Å². The van der Waals surface area contributed by atoms with Crippen LogP contribution in [0.4, 0.5) is 0 Å². The van der Waals surface area contributed by atoms with E-state index in [1.54, 1.807) is 6.21 Å². The van der Waals surface area contributed by atoms with Crippen LogP contribution in [0.25, 0.3) is 0 Å². The molecule has 1 aromatic carbocycles. The lowest BCUT2D eigenvalue weighted by atomic mass is 10.1. The van der Waals surface area contributed by atoms with Crippen molar-refractivity contribution in [2.75, 3.05) is 0 Å². The molecular weight excluding hydrogens is 354 g/mol. The van der Waals surface area contributed by atoms with Crippen LogP contribution in [0.5, 0.6) is 0 Å². The predicted octanol–water partition coefficient (Wildman–Crippen LogP) is 3.29. The molecule has 2 rings (SSSR count). The zero-order valence-electron chi connectivity index (χ0n) is 16.6. The maximum Gasteiger partial charge on any atom is 0.240 e. The molecule has 6 nitrogen and oxygen atoms in total. The first-order chi connectivity index (χ1) is 13.6. The van der Waals surface area contributed by atoms with Gasteiger partial charge in [-0.2, -0.15) is 5.10 Å². The van der Waals surface area contributed by atoms with E-state index in [0.29, 0.717) is 12.8 Å². The van der Waals surface area contributed by atoms with Gasteiger partial charge in [0, 0.05) is 12.8 Å². The summed E-state index contributed by atoms with van der Waals surface area (Å²) in [7, 11) is 0. The van der Waals surface area contributed by atoms with Crippen molar-refractivity contribution in [1.29, 1.82) is 0 Å². The summed E-state index contributed by atoms with van der Waals surface area (Å²) in [5, 5.41) is 17.0. The Kier molecular flexibility index (Phi) is 10.3. The average Bonchev–Trinajstić information content (AvgIpc) is 2.89. The molecule has 1 aromatic rings. The molecule has 1 aliphatic carbocycles. The van der Waals surface area contributed by atoms with E-state index in [2.05, 4.69) is 15.8 Å². The third-order valence-electron chi connectivity index (χ3n) is 5.09. The minimum absolute atomic E-state index is 0.0268. The summed E-state index contributed by atoms with van der Waals surface area (Å²) in [6.45, 7) is 0. The number of hydrogen-bond donors (Lipinski definition) is 3. The Balaban J connectivity index is 1.49. The van der Waals surface area contributed by atoms with Crippen molar-refractivity contribution in [3.05, 3.63) is 35.9 Å². The first-order valence-corrected chi connectivity index (χ1v) is 10.5. The standard InChI is InChI=1S/C22H33N3O3/c26-20-14-8-4-7-13-19(20)24-21(27)15-9-1-2-10-16-22(28)25-23-17-18-11-5-3-6-12-18/h3,5-6,11-12,17,19-20,26H,1-2,4,7-10,13-16H2,(H,24,27)(H,25,28)/b23-17+. The van der Waals surface area contributed by atoms with E-state index < -0.39 is 6.10 Å². The molecule has 28 heavy (non-hydrogen) atoms. The van der Waals surface area contributed by atoms with E-state index in [9.17, 15) is 14.7 Å². The normalized spacial score (nSPS) is 19.9. The first-order valence-electron chi connectivity index (χ1n) is 10.5. The smallest absolute Gasteiger partial charge is 0.240 e. The zero-order valence-corrected chi connectivity index (χ0v) is 16.6. The van der Waals surface area contributed by atoms with Crippen molar-refractivity contribution >= 4 is 18.0 Å². The molecule has 2 amide bonds. The molecule has 6 heteroatoms. The van der Waals surface area contributed by atoms with Crippen LogP contribution in [0, 0.1) is 0 Å². The molecule has 2 unspecified atom stereocenters. The molecule has 1 aliphatic rings. The third-order valence-corrected chi connectivity index (χ3v) is 5.09. The largest absolute Gasteiger partial charge is 0.391 e. The van der Waals surface area contributed by atoms with Gasteiger partial charge >= 0.3 is 0 Å². The van der Waals surface area contributed by atoms with Gasteiger partial charge in [0.1, 0.15) is 0 Å². The highest BCUT2D eigenvalue weighted by molar-refractivity contribution is 5.82. The van der Waals surface area contributed by atoms with E-state index in [1.807, 2.05) is 30.3 Å². The van der Waals surface area contributed by atoms with Crippen LogP contribution in [-0.4, -0.2) is 35.3 Å². The number of nitrogens with one attached hydrogen (secondary N) is 2.